The van der Waals surface area contributed by atoms with Crippen molar-refractivity contribution >= 4 is 0 Å². The van der Waals surface area contributed by atoms with Crippen LogP contribution in [0, 0.1) is 20.8 Å². The third-order valence-corrected chi connectivity index (χ3v) is 3.63. The molecule has 0 spiro atoms. The maximum atomic E-state index is 4.75. The number of nitrogens with zero attached hydrogens (tertiary/aromatic N) is 2. The molecule has 1 aromatic heterocycles. The highest BCUT2D eigenvalue weighted by atomic mass is 14.9. The molecule has 0 aliphatic heterocycles. The van der Waals surface area contributed by atoms with Gasteiger partial charge in [-0.1, -0.05) is 48.0 Å². The van der Waals surface area contributed by atoms with Gasteiger partial charge in [-0.3, -0.25) is 0 Å². The predicted octanol–water partition coefficient (Wildman–Crippen LogP) is 4.74. The number of hydrogen-bond donors (Lipinski definition) is 0. The summed E-state index contributed by atoms with van der Waals surface area (Å²) in [4.78, 5) is 9.23. The second kappa shape index (κ2) is 5.49. The minimum atomic E-state index is 0.798. The standard InChI is InChI=1S/C19H18N2/c1-13-11-14(2)18(15(3)12-13)19-20-10-9-17(21-19)16-7-5-4-6-8-16/h4-12H,1-3H3. The van der Waals surface area contributed by atoms with Gasteiger partial charge in [-0.05, 0) is 38.0 Å². The molecule has 1 heterocycles. The summed E-state index contributed by atoms with van der Waals surface area (Å²) in [5, 5.41) is 0. The van der Waals surface area contributed by atoms with Crippen LogP contribution in [0.1, 0.15) is 16.7 Å². The van der Waals surface area contributed by atoms with Crippen molar-refractivity contribution in [1.29, 1.82) is 0 Å². The van der Waals surface area contributed by atoms with Crippen LogP contribution in [0.3, 0.4) is 0 Å². The molecule has 0 bridgehead atoms. The molecule has 0 fully saturated rings. The number of rotatable bonds is 2. The minimum Gasteiger partial charge on any atom is -0.237 e. The number of aromatic nitrogens is 2. The van der Waals surface area contributed by atoms with E-state index in [0.29, 0.717) is 0 Å². The van der Waals surface area contributed by atoms with Crippen molar-refractivity contribution in [1.82, 2.24) is 9.97 Å². The van der Waals surface area contributed by atoms with E-state index in [1.54, 1.807) is 0 Å². The fraction of sp³-hybridized carbons (Fsp3) is 0.158. The average molecular weight is 274 g/mol. The molecule has 0 aliphatic carbocycles. The molecule has 2 nitrogen and oxygen atoms in total. The first kappa shape index (κ1) is 13.5. The highest BCUT2D eigenvalue weighted by molar-refractivity contribution is 5.68. The lowest BCUT2D eigenvalue weighted by Crippen LogP contribution is -1.96. The molecule has 21 heavy (non-hydrogen) atoms. The Bertz CT molecular complexity index is 754. The second-order valence-corrected chi connectivity index (χ2v) is 5.41. The summed E-state index contributed by atoms with van der Waals surface area (Å²) in [6.45, 7) is 6.35. The normalized spacial score (nSPS) is 10.6. The minimum absolute atomic E-state index is 0.798. The molecule has 3 rings (SSSR count). The van der Waals surface area contributed by atoms with Crippen LogP contribution in [0.15, 0.2) is 54.7 Å². The van der Waals surface area contributed by atoms with Gasteiger partial charge in [-0.25, -0.2) is 9.97 Å². The van der Waals surface area contributed by atoms with Gasteiger partial charge in [-0.2, -0.15) is 0 Å². The monoisotopic (exact) mass is 274 g/mol. The van der Waals surface area contributed by atoms with Crippen molar-refractivity contribution < 1.29 is 0 Å². The van der Waals surface area contributed by atoms with Crippen LogP contribution in [0.2, 0.25) is 0 Å². The first-order valence-electron chi connectivity index (χ1n) is 7.12. The summed E-state index contributed by atoms with van der Waals surface area (Å²) in [6.07, 6.45) is 1.84. The van der Waals surface area contributed by atoms with Gasteiger partial charge < -0.3 is 0 Å². The zero-order valence-corrected chi connectivity index (χ0v) is 12.6. The summed E-state index contributed by atoms with van der Waals surface area (Å²) in [5.74, 6) is 0.798. The molecule has 0 atom stereocenters. The van der Waals surface area contributed by atoms with Crippen LogP contribution >= 0.6 is 0 Å². The Hall–Kier alpha value is -2.48. The highest BCUT2D eigenvalue weighted by Crippen LogP contribution is 2.27. The zero-order chi connectivity index (χ0) is 14.8. The molecule has 2 heteroatoms. The number of benzene rings is 2. The quantitative estimate of drug-likeness (QED) is 0.674. The van der Waals surface area contributed by atoms with Crippen LogP contribution in [-0.2, 0) is 0 Å². The number of aryl methyl sites for hydroxylation is 3. The van der Waals surface area contributed by atoms with E-state index in [-0.39, 0.29) is 0 Å². The van der Waals surface area contributed by atoms with Crippen LogP contribution < -0.4 is 0 Å². The van der Waals surface area contributed by atoms with E-state index in [2.05, 4.69) is 50.0 Å². The predicted molar refractivity (Wildman–Crippen MR) is 87.1 cm³/mol. The van der Waals surface area contributed by atoms with Gasteiger partial charge >= 0.3 is 0 Å². The molecule has 3 aromatic rings. The molecule has 0 unspecified atom stereocenters. The Morgan fingerprint density at radius 3 is 2.14 bits per heavy atom. The van der Waals surface area contributed by atoms with E-state index < -0.39 is 0 Å². The molecule has 2 aromatic carbocycles. The maximum absolute atomic E-state index is 4.75. The smallest absolute Gasteiger partial charge is 0.160 e. The van der Waals surface area contributed by atoms with Gasteiger partial charge in [0, 0.05) is 17.3 Å². The summed E-state index contributed by atoms with van der Waals surface area (Å²) in [7, 11) is 0. The lowest BCUT2D eigenvalue weighted by molar-refractivity contribution is 1.16. The molecular weight excluding hydrogens is 256 g/mol. The molecule has 0 N–H and O–H groups in total. The first-order chi connectivity index (χ1) is 10.1. The Morgan fingerprint density at radius 2 is 1.48 bits per heavy atom. The molecule has 0 radical (unpaired) electrons. The van der Waals surface area contributed by atoms with Gasteiger partial charge in [0.15, 0.2) is 5.82 Å². The fourth-order valence-corrected chi connectivity index (χ4v) is 2.78. The summed E-state index contributed by atoms with van der Waals surface area (Å²) >= 11 is 0. The Kier molecular flexibility index (Phi) is 3.53. The van der Waals surface area contributed by atoms with E-state index in [4.69, 9.17) is 4.98 Å². The van der Waals surface area contributed by atoms with Gasteiger partial charge in [-0.15, -0.1) is 0 Å². The summed E-state index contributed by atoms with van der Waals surface area (Å²) in [6, 6.07) is 16.5. The summed E-state index contributed by atoms with van der Waals surface area (Å²) < 4.78 is 0. The molecule has 0 amide bonds. The fourth-order valence-electron chi connectivity index (χ4n) is 2.78. The largest absolute Gasteiger partial charge is 0.237 e. The zero-order valence-electron chi connectivity index (χ0n) is 12.6. The Labute approximate surface area is 125 Å². The summed E-state index contributed by atoms with van der Waals surface area (Å²) in [5.41, 5.74) is 6.92. The van der Waals surface area contributed by atoms with Crippen molar-refractivity contribution in [3.63, 3.8) is 0 Å². The van der Waals surface area contributed by atoms with Crippen molar-refractivity contribution in [2.45, 2.75) is 20.8 Å². The van der Waals surface area contributed by atoms with E-state index in [9.17, 15) is 0 Å². The molecule has 0 saturated heterocycles. The van der Waals surface area contributed by atoms with Crippen molar-refractivity contribution in [2.24, 2.45) is 0 Å². The van der Waals surface area contributed by atoms with E-state index >= 15 is 0 Å². The Morgan fingerprint density at radius 1 is 0.810 bits per heavy atom. The van der Waals surface area contributed by atoms with Crippen molar-refractivity contribution in [2.75, 3.05) is 0 Å². The third-order valence-electron chi connectivity index (χ3n) is 3.63. The van der Waals surface area contributed by atoms with E-state index in [1.165, 1.54) is 16.7 Å². The number of hydrogen-bond acceptors (Lipinski definition) is 2. The first-order valence-corrected chi connectivity index (χ1v) is 7.12. The van der Waals surface area contributed by atoms with Crippen LogP contribution in [0.5, 0.6) is 0 Å². The molecule has 0 aliphatic rings. The molecule has 104 valence electrons. The van der Waals surface area contributed by atoms with E-state index in [0.717, 1.165) is 22.6 Å². The van der Waals surface area contributed by atoms with Gasteiger partial charge in [0.25, 0.3) is 0 Å². The van der Waals surface area contributed by atoms with Crippen LogP contribution in [-0.4, -0.2) is 9.97 Å². The molecular formula is C19H18N2. The topological polar surface area (TPSA) is 25.8 Å². The Balaban J connectivity index is 2.13. The lowest BCUT2D eigenvalue weighted by atomic mass is 9.99. The maximum Gasteiger partial charge on any atom is 0.160 e. The lowest BCUT2D eigenvalue weighted by Gasteiger charge is -2.11. The van der Waals surface area contributed by atoms with Gasteiger partial charge in [0.05, 0.1) is 5.69 Å². The second-order valence-electron chi connectivity index (χ2n) is 5.41. The van der Waals surface area contributed by atoms with Gasteiger partial charge in [0.2, 0.25) is 0 Å². The van der Waals surface area contributed by atoms with Crippen LogP contribution in [0.25, 0.3) is 22.6 Å². The highest BCUT2D eigenvalue weighted by Gasteiger charge is 2.10. The molecule has 0 saturated carbocycles. The SMILES string of the molecule is Cc1cc(C)c(-c2nccc(-c3ccccc3)n2)c(C)c1. The van der Waals surface area contributed by atoms with E-state index in [1.807, 2.05) is 30.5 Å². The van der Waals surface area contributed by atoms with Crippen molar-refractivity contribution in [3.8, 4) is 22.6 Å². The van der Waals surface area contributed by atoms with Crippen LogP contribution in [0.4, 0.5) is 0 Å². The van der Waals surface area contributed by atoms with Gasteiger partial charge in [0.1, 0.15) is 0 Å². The van der Waals surface area contributed by atoms with Crippen molar-refractivity contribution in [3.05, 3.63) is 71.4 Å². The third kappa shape index (κ3) is 2.70. The average Bonchev–Trinajstić information content (AvgIpc) is 2.47.